The van der Waals surface area contributed by atoms with Gasteiger partial charge in [0.05, 0.1) is 30.5 Å². The fourth-order valence-electron chi connectivity index (χ4n) is 4.43. The topological polar surface area (TPSA) is 81.8 Å². The molecule has 1 fully saturated rings. The van der Waals surface area contributed by atoms with E-state index in [0.29, 0.717) is 37.4 Å². The van der Waals surface area contributed by atoms with Crippen LogP contribution in [-0.4, -0.2) is 68.9 Å². The molecule has 0 amide bonds. The van der Waals surface area contributed by atoms with Gasteiger partial charge < -0.3 is 14.8 Å². The highest BCUT2D eigenvalue weighted by Crippen LogP contribution is 2.32. The predicted molar refractivity (Wildman–Crippen MR) is 124 cm³/mol. The molecule has 1 atom stereocenters. The van der Waals surface area contributed by atoms with E-state index in [9.17, 15) is 15.0 Å². The highest BCUT2D eigenvalue weighted by atomic mass is 16.3. The Morgan fingerprint density at radius 1 is 1.03 bits per heavy atom. The summed E-state index contributed by atoms with van der Waals surface area (Å²) in [5, 5.41) is 20.2. The van der Waals surface area contributed by atoms with E-state index in [0.717, 1.165) is 24.3 Å². The van der Waals surface area contributed by atoms with Gasteiger partial charge in [0.25, 0.3) is 5.56 Å². The van der Waals surface area contributed by atoms with E-state index in [-0.39, 0.29) is 17.9 Å². The van der Waals surface area contributed by atoms with E-state index in [4.69, 9.17) is 0 Å². The maximum atomic E-state index is 13.7. The number of piperazine rings is 1. The molecular weight excluding hydrogens is 404 g/mol. The van der Waals surface area contributed by atoms with E-state index in [2.05, 4.69) is 14.8 Å². The fraction of sp³-hybridized carbons (Fsp3) is 0.360. The molecule has 1 aliphatic rings. The van der Waals surface area contributed by atoms with Crippen molar-refractivity contribution in [2.75, 3.05) is 39.3 Å². The zero-order valence-electron chi connectivity index (χ0n) is 18.4. The number of aromatic nitrogens is 2. The van der Waals surface area contributed by atoms with Gasteiger partial charge in [-0.15, -0.1) is 0 Å². The second-order valence-corrected chi connectivity index (χ2v) is 8.22. The number of rotatable bonds is 7. The van der Waals surface area contributed by atoms with Crippen LogP contribution in [0.4, 0.5) is 0 Å². The third-order valence-electron chi connectivity index (χ3n) is 6.14. The van der Waals surface area contributed by atoms with Gasteiger partial charge in [0.1, 0.15) is 5.75 Å². The van der Waals surface area contributed by atoms with Crippen LogP contribution in [0.25, 0.3) is 0 Å². The first-order valence-corrected chi connectivity index (χ1v) is 11.0. The van der Waals surface area contributed by atoms with Crippen LogP contribution >= 0.6 is 0 Å². The van der Waals surface area contributed by atoms with Crippen molar-refractivity contribution in [3.63, 3.8) is 0 Å². The number of hydrogen-bond acceptors (Lipinski definition) is 6. The van der Waals surface area contributed by atoms with Gasteiger partial charge in [0.15, 0.2) is 0 Å². The molecule has 1 aromatic carbocycles. The standard InChI is InChI=1S/C25H30N4O3/c1-19-17-22(31)23(25(32)29(19)18-20-7-3-2-4-8-20)24(21-9-5-6-10-26-21)28-13-11-27(12-14-28)15-16-30/h2-10,17,24,30-31H,11-16,18H2,1H3. The van der Waals surface area contributed by atoms with Crippen molar-refractivity contribution in [2.24, 2.45) is 0 Å². The van der Waals surface area contributed by atoms with Crippen molar-refractivity contribution in [2.45, 2.75) is 19.5 Å². The lowest BCUT2D eigenvalue weighted by Gasteiger charge is -2.39. The summed E-state index contributed by atoms with van der Waals surface area (Å²) in [5.74, 6) is 0.00486. The number of aryl methyl sites for hydroxylation is 1. The van der Waals surface area contributed by atoms with Crippen LogP contribution in [0.1, 0.15) is 28.6 Å². The van der Waals surface area contributed by atoms with Crippen LogP contribution in [-0.2, 0) is 6.54 Å². The van der Waals surface area contributed by atoms with Gasteiger partial charge in [-0.2, -0.15) is 0 Å². The minimum absolute atomic E-state index is 0.00486. The Labute approximate surface area is 188 Å². The maximum Gasteiger partial charge on any atom is 0.260 e. The van der Waals surface area contributed by atoms with Crippen molar-refractivity contribution < 1.29 is 10.2 Å². The minimum atomic E-state index is -0.442. The van der Waals surface area contributed by atoms with Crippen molar-refractivity contribution in [1.82, 2.24) is 19.4 Å². The Kier molecular flexibility index (Phi) is 6.99. The second-order valence-electron chi connectivity index (χ2n) is 8.22. The molecule has 3 heterocycles. The summed E-state index contributed by atoms with van der Waals surface area (Å²) in [5.41, 5.74) is 2.65. The van der Waals surface area contributed by atoms with Crippen LogP contribution in [0.2, 0.25) is 0 Å². The molecule has 4 rings (SSSR count). The smallest absolute Gasteiger partial charge is 0.260 e. The molecule has 0 bridgehead atoms. The van der Waals surface area contributed by atoms with Crippen LogP contribution in [0.5, 0.6) is 5.75 Å². The summed E-state index contributed by atoms with van der Waals surface area (Å²) < 4.78 is 1.72. The summed E-state index contributed by atoms with van der Waals surface area (Å²) in [6, 6.07) is 16.8. The molecule has 2 N–H and O–H groups in total. The summed E-state index contributed by atoms with van der Waals surface area (Å²) in [4.78, 5) is 22.7. The Morgan fingerprint density at radius 3 is 2.41 bits per heavy atom. The first-order valence-electron chi connectivity index (χ1n) is 11.0. The number of aliphatic hydroxyl groups excluding tert-OH is 1. The molecule has 0 saturated carbocycles. The van der Waals surface area contributed by atoms with Crippen molar-refractivity contribution >= 4 is 0 Å². The Balaban J connectivity index is 1.76. The second kappa shape index (κ2) is 10.1. The number of aromatic hydroxyl groups is 1. The lowest BCUT2D eigenvalue weighted by atomic mass is 9.99. The average molecular weight is 435 g/mol. The van der Waals surface area contributed by atoms with Gasteiger partial charge >= 0.3 is 0 Å². The highest BCUT2D eigenvalue weighted by Gasteiger charge is 2.32. The first kappa shape index (κ1) is 22.2. The molecule has 32 heavy (non-hydrogen) atoms. The van der Waals surface area contributed by atoms with Crippen molar-refractivity contribution in [3.05, 3.63) is 93.7 Å². The van der Waals surface area contributed by atoms with E-state index < -0.39 is 6.04 Å². The molecule has 2 aromatic heterocycles. The van der Waals surface area contributed by atoms with Gasteiger partial charge in [-0.3, -0.25) is 19.6 Å². The number of aliphatic hydroxyl groups is 1. The zero-order chi connectivity index (χ0) is 22.5. The summed E-state index contributed by atoms with van der Waals surface area (Å²) in [6.07, 6.45) is 1.72. The molecule has 0 aliphatic carbocycles. The summed E-state index contributed by atoms with van der Waals surface area (Å²) in [7, 11) is 0. The molecule has 168 valence electrons. The zero-order valence-corrected chi connectivity index (χ0v) is 18.4. The number of pyridine rings is 2. The van der Waals surface area contributed by atoms with E-state index >= 15 is 0 Å². The Morgan fingerprint density at radius 2 is 1.75 bits per heavy atom. The SMILES string of the molecule is Cc1cc(O)c(C(c2ccccn2)N2CCN(CCO)CC2)c(=O)n1Cc1ccccc1. The first-order chi connectivity index (χ1) is 15.6. The molecule has 0 spiro atoms. The fourth-order valence-corrected chi connectivity index (χ4v) is 4.43. The number of benzene rings is 1. The van der Waals surface area contributed by atoms with Gasteiger partial charge in [0.2, 0.25) is 0 Å². The molecular formula is C25H30N4O3. The van der Waals surface area contributed by atoms with E-state index in [1.165, 1.54) is 0 Å². The molecule has 0 radical (unpaired) electrons. The highest BCUT2D eigenvalue weighted by molar-refractivity contribution is 5.39. The quantitative estimate of drug-likeness (QED) is 0.592. The number of β-amino-alcohol motifs (C(OH)–C–C–N with tert-alkyl or cyclic N) is 1. The molecule has 1 unspecified atom stereocenters. The van der Waals surface area contributed by atoms with Crippen LogP contribution < -0.4 is 5.56 Å². The van der Waals surface area contributed by atoms with Crippen LogP contribution in [0.15, 0.2) is 65.6 Å². The Hall–Kier alpha value is -3.00. The van der Waals surface area contributed by atoms with Gasteiger partial charge in [-0.1, -0.05) is 36.4 Å². The molecule has 3 aromatic rings. The van der Waals surface area contributed by atoms with E-state index in [1.54, 1.807) is 16.8 Å². The molecule has 1 saturated heterocycles. The summed E-state index contributed by atoms with van der Waals surface area (Å²) in [6.45, 7) is 6.06. The van der Waals surface area contributed by atoms with Crippen molar-refractivity contribution in [3.8, 4) is 5.75 Å². The number of hydrogen-bond donors (Lipinski definition) is 2. The van der Waals surface area contributed by atoms with Gasteiger partial charge in [-0.05, 0) is 30.7 Å². The normalized spacial score (nSPS) is 16.2. The maximum absolute atomic E-state index is 13.7. The monoisotopic (exact) mass is 434 g/mol. The Bertz CT molecular complexity index is 1080. The summed E-state index contributed by atoms with van der Waals surface area (Å²) >= 11 is 0. The van der Waals surface area contributed by atoms with Crippen LogP contribution in [0, 0.1) is 6.92 Å². The van der Waals surface area contributed by atoms with Gasteiger partial charge in [-0.25, -0.2) is 0 Å². The third kappa shape index (κ3) is 4.75. The van der Waals surface area contributed by atoms with Crippen LogP contribution in [0.3, 0.4) is 0 Å². The van der Waals surface area contributed by atoms with Crippen molar-refractivity contribution in [1.29, 1.82) is 0 Å². The minimum Gasteiger partial charge on any atom is -0.507 e. The largest absolute Gasteiger partial charge is 0.507 e. The third-order valence-corrected chi connectivity index (χ3v) is 6.14. The van der Waals surface area contributed by atoms with Gasteiger partial charge in [0, 0.05) is 44.6 Å². The van der Waals surface area contributed by atoms with E-state index in [1.807, 2.05) is 55.5 Å². The molecule has 1 aliphatic heterocycles. The number of nitrogens with zero attached hydrogens (tertiary/aromatic N) is 4. The lowest BCUT2D eigenvalue weighted by molar-refractivity contribution is 0.0921. The molecule has 7 nitrogen and oxygen atoms in total. The predicted octanol–water partition coefficient (Wildman–Crippen LogP) is 2.00. The molecule has 7 heteroatoms. The lowest BCUT2D eigenvalue weighted by Crippen LogP contribution is -2.49. The average Bonchev–Trinajstić information content (AvgIpc) is 2.81.